The van der Waals surface area contributed by atoms with E-state index in [4.69, 9.17) is 5.73 Å². The van der Waals surface area contributed by atoms with Crippen molar-refractivity contribution in [2.75, 3.05) is 5.73 Å². The molecule has 0 bridgehead atoms. The molecule has 0 spiro atoms. The lowest BCUT2D eigenvalue weighted by atomic mass is 10.3. The Morgan fingerprint density at radius 2 is 2.36 bits per heavy atom. The third kappa shape index (κ3) is 0.982. The normalized spacial score (nSPS) is 17.2. The highest BCUT2D eigenvalue weighted by atomic mass is 15.4. The second kappa shape index (κ2) is 2.22. The van der Waals surface area contributed by atoms with Gasteiger partial charge in [-0.1, -0.05) is 5.21 Å². The highest BCUT2D eigenvalue weighted by Crippen LogP contribution is 2.41. The van der Waals surface area contributed by atoms with Crippen molar-refractivity contribution in [3.63, 3.8) is 0 Å². The van der Waals surface area contributed by atoms with Crippen molar-refractivity contribution in [1.29, 1.82) is 0 Å². The molecule has 1 fully saturated rings. The fourth-order valence-corrected chi connectivity index (χ4v) is 1.34. The first-order valence-corrected chi connectivity index (χ1v) is 4.01. The molecule has 0 aromatic carbocycles. The quantitative estimate of drug-likeness (QED) is 0.680. The van der Waals surface area contributed by atoms with Gasteiger partial charge < -0.3 is 5.73 Å². The minimum absolute atomic E-state index is 0.620. The van der Waals surface area contributed by atoms with Crippen LogP contribution in [-0.4, -0.2) is 15.0 Å². The van der Waals surface area contributed by atoms with Gasteiger partial charge in [0.1, 0.15) is 0 Å². The molecule has 4 heteroatoms. The molecule has 1 aliphatic rings. The van der Waals surface area contributed by atoms with Crippen molar-refractivity contribution in [3.8, 4) is 0 Å². The van der Waals surface area contributed by atoms with E-state index in [9.17, 15) is 0 Å². The van der Waals surface area contributed by atoms with Gasteiger partial charge in [0.05, 0.1) is 5.69 Å². The van der Waals surface area contributed by atoms with Crippen LogP contribution < -0.4 is 5.73 Å². The second-order valence-corrected chi connectivity index (χ2v) is 2.95. The molecule has 1 aromatic heterocycles. The molecule has 0 atom stereocenters. The fraction of sp³-hybridized carbons (Fsp3) is 0.714. The number of aryl methyl sites for hydroxylation is 1. The van der Waals surface area contributed by atoms with Crippen LogP contribution in [0.2, 0.25) is 0 Å². The van der Waals surface area contributed by atoms with Crippen LogP contribution in [0.15, 0.2) is 0 Å². The molecule has 1 aliphatic carbocycles. The average Bonchev–Trinajstić information content (AvgIpc) is 2.76. The first-order chi connectivity index (χ1) is 5.33. The topological polar surface area (TPSA) is 56.7 Å². The number of anilines is 1. The Labute approximate surface area is 65.4 Å². The van der Waals surface area contributed by atoms with E-state index in [0.717, 1.165) is 12.2 Å². The molecule has 0 radical (unpaired) electrons. The summed E-state index contributed by atoms with van der Waals surface area (Å²) in [6.45, 7) is 2.93. The Morgan fingerprint density at radius 3 is 2.91 bits per heavy atom. The summed E-state index contributed by atoms with van der Waals surface area (Å²) in [4.78, 5) is 0. The second-order valence-electron chi connectivity index (χ2n) is 2.95. The van der Waals surface area contributed by atoms with E-state index in [0.29, 0.717) is 11.7 Å². The molecule has 2 N–H and O–H groups in total. The van der Waals surface area contributed by atoms with Gasteiger partial charge in [-0.15, -0.1) is 5.10 Å². The Kier molecular flexibility index (Phi) is 1.34. The van der Waals surface area contributed by atoms with E-state index in [1.807, 2.05) is 4.68 Å². The van der Waals surface area contributed by atoms with Gasteiger partial charge in [0, 0.05) is 12.5 Å². The van der Waals surface area contributed by atoms with Crippen LogP contribution in [0.5, 0.6) is 0 Å². The predicted molar refractivity (Wildman–Crippen MR) is 42.1 cm³/mol. The maximum atomic E-state index is 5.66. The number of hydrogen-bond donors (Lipinski definition) is 1. The van der Waals surface area contributed by atoms with E-state index in [-0.39, 0.29) is 0 Å². The Hall–Kier alpha value is -1.06. The minimum Gasteiger partial charge on any atom is -0.381 e. The maximum absolute atomic E-state index is 5.66. The summed E-state index contributed by atoms with van der Waals surface area (Å²) >= 11 is 0. The van der Waals surface area contributed by atoms with Gasteiger partial charge in [0.2, 0.25) is 0 Å². The van der Waals surface area contributed by atoms with Crippen LogP contribution in [-0.2, 0) is 6.54 Å². The van der Waals surface area contributed by atoms with Gasteiger partial charge >= 0.3 is 0 Å². The van der Waals surface area contributed by atoms with Crippen molar-refractivity contribution in [2.24, 2.45) is 0 Å². The summed E-state index contributed by atoms with van der Waals surface area (Å²) in [5, 5.41) is 7.78. The van der Waals surface area contributed by atoms with Crippen molar-refractivity contribution >= 4 is 5.82 Å². The standard InChI is InChI=1S/C7H12N4/c1-2-11-6(5-3-4-5)7(8)9-10-11/h5H,2-4,8H2,1H3. The van der Waals surface area contributed by atoms with Gasteiger partial charge in [-0.2, -0.15) is 0 Å². The maximum Gasteiger partial charge on any atom is 0.169 e. The molecule has 0 amide bonds. The van der Waals surface area contributed by atoms with Gasteiger partial charge in [-0.3, -0.25) is 0 Å². The molecule has 60 valence electrons. The highest BCUT2D eigenvalue weighted by Gasteiger charge is 2.29. The van der Waals surface area contributed by atoms with E-state index in [1.54, 1.807) is 0 Å². The predicted octanol–water partition coefficient (Wildman–Crippen LogP) is 0.758. The first-order valence-electron chi connectivity index (χ1n) is 4.01. The average molecular weight is 152 g/mol. The molecule has 1 heterocycles. The highest BCUT2D eigenvalue weighted by molar-refractivity contribution is 5.38. The molecule has 0 unspecified atom stereocenters. The lowest BCUT2D eigenvalue weighted by Crippen LogP contribution is -2.02. The van der Waals surface area contributed by atoms with Crippen LogP contribution in [0.1, 0.15) is 31.4 Å². The van der Waals surface area contributed by atoms with Crippen molar-refractivity contribution < 1.29 is 0 Å². The summed E-state index contributed by atoms with van der Waals surface area (Å²) in [6, 6.07) is 0. The number of rotatable bonds is 2. The Balaban J connectivity index is 2.38. The van der Waals surface area contributed by atoms with Crippen molar-refractivity contribution in [3.05, 3.63) is 5.69 Å². The zero-order valence-electron chi connectivity index (χ0n) is 6.62. The third-order valence-electron chi connectivity index (χ3n) is 2.06. The molecule has 11 heavy (non-hydrogen) atoms. The lowest BCUT2D eigenvalue weighted by molar-refractivity contribution is 0.598. The SMILES string of the molecule is CCn1nnc(N)c1C1CC1. The van der Waals surface area contributed by atoms with Gasteiger partial charge in [0.15, 0.2) is 5.82 Å². The van der Waals surface area contributed by atoms with Crippen LogP contribution in [0, 0.1) is 0 Å². The third-order valence-corrected chi connectivity index (χ3v) is 2.06. The Bertz CT molecular complexity index is 261. The molecular weight excluding hydrogens is 140 g/mol. The van der Waals surface area contributed by atoms with Crippen molar-refractivity contribution in [1.82, 2.24) is 15.0 Å². The van der Waals surface area contributed by atoms with E-state index in [1.165, 1.54) is 12.8 Å². The molecule has 2 rings (SSSR count). The van der Waals surface area contributed by atoms with Gasteiger partial charge in [-0.25, -0.2) is 4.68 Å². The molecule has 1 aromatic rings. The Morgan fingerprint density at radius 1 is 1.64 bits per heavy atom. The lowest BCUT2D eigenvalue weighted by Gasteiger charge is -2.00. The number of hydrogen-bond acceptors (Lipinski definition) is 3. The van der Waals surface area contributed by atoms with Crippen LogP contribution in [0.4, 0.5) is 5.82 Å². The molecule has 4 nitrogen and oxygen atoms in total. The molecule has 0 aliphatic heterocycles. The zero-order valence-corrected chi connectivity index (χ0v) is 6.62. The molecular formula is C7H12N4. The van der Waals surface area contributed by atoms with Crippen LogP contribution in [0.3, 0.4) is 0 Å². The van der Waals surface area contributed by atoms with Crippen molar-refractivity contribution in [2.45, 2.75) is 32.2 Å². The number of nitrogens with zero attached hydrogens (tertiary/aromatic N) is 3. The van der Waals surface area contributed by atoms with Crippen LogP contribution >= 0.6 is 0 Å². The largest absolute Gasteiger partial charge is 0.381 e. The van der Waals surface area contributed by atoms with E-state index < -0.39 is 0 Å². The van der Waals surface area contributed by atoms with E-state index >= 15 is 0 Å². The van der Waals surface area contributed by atoms with E-state index in [2.05, 4.69) is 17.2 Å². The number of aromatic nitrogens is 3. The molecule has 1 saturated carbocycles. The molecule has 0 saturated heterocycles. The summed E-state index contributed by atoms with van der Waals surface area (Å²) in [6.07, 6.45) is 2.50. The zero-order chi connectivity index (χ0) is 7.84. The summed E-state index contributed by atoms with van der Waals surface area (Å²) < 4.78 is 1.90. The first kappa shape index (κ1) is 6.64. The summed E-state index contributed by atoms with van der Waals surface area (Å²) in [7, 11) is 0. The summed E-state index contributed by atoms with van der Waals surface area (Å²) in [5.74, 6) is 1.26. The number of nitrogens with two attached hydrogens (primary N) is 1. The fourth-order valence-electron chi connectivity index (χ4n) is 1.34. The monoisotopic (exact) mass is 152 g/mol. The summed E-state index contributed by atoms with van der Waals surface area (Å²) in [5.41, 5.74) is 6.81. The smallest absolute Gasteiger partial charge is 0.169 e. The van der Waals surface area contributed by atoms with Crippen LogP contribution in [0.25, 0.3) is 0 Å². The minimum atomic E-state index is 0.620. The van der Waals surface area contributed by atoms with Gasteiger partial charge in [0.25, 0.3) is 0 Å². The van der Waals surface area contributed by atoms with Gasteiger partial charge in [-0.05, 0) is 19.8 Å². The number of nitrogen functional groups attached to an aromatic ring is 1.